The number of hydrogen-bond acceptors (Lipinski definition) is 3. The Morgan fingerprint density at radius 1 is 1.07 bits per heavy atom. The van der Waals surface area contributed by atoms with Crippen molar-refractivity contribution in [2.45, 2.75) is 26.7 Å². The van der Waals surface area contributed by atoms with Gasteiger partial charge in [-0.1, -0.05) is 26.0 Å². The lowest BCUT2D eigenvalue weighted by Crippen LogP contribution is -2.25. The van der Waals surface area contributed by atoms with Crippen molar-refractivity contribution in [1.82, 2.24) is 5.43 Å². The van der Waals surface area contributed by atoms with Crippen molar-refractivity contribution >= 4 is 12.1 Å². The highest BCUT2D eigenvalue weighted by Crippen LogP contribution is 2.27. The molecule has 0 aliphatic carbocycles. The van der Waals surface area contributed by atoms with Gasteiger partial charge in [-0.15, -0.1) is 0 Å². The molecule has 2 aromatic rings. The van der Waals surface area contributed by atoms with Gasteiger partial charge in [-0.3, -0.25) is 4.79 Å². The number of hydrazone groups is 1. The van der Waals surface area contributed by atoms with E-state index >= 15 is 0 Å². The average molecular weight is 400 g/mol. The van der Waals surface area contributed by atoms with Crippen LogP contribution in [0, 0.1) is 36.0 Å². The molecule has 0 heterocycles. The van der Waals surface area contributed by atoms with Crippen LogP contribution in [0.15, 0.2) is 23.3 Å². The van der Waals surface area contributed by atoms with Gasteiger partial charge in [0.1, 0.15) is 5.75 Å². The molecule has 2 aromatic carbocycles. The quantitative estimate of drug-likeness (QED) is 0.258. The van der Waals surface area contributed by atoms with Crippen LogP contribution >= 0.6 is 0 Å². The molecule has 1 N–H and O–H groups in total. The Morgan fingerprint density at radius 2 is 1.64 bits per heavy atom. The summed E-state index contributed by atoms with van der Waals surface area (Å²) >= 11 is 0. The number of halogens is 5. The van der Waals surface area contributed by atoms with Gasteiger partial charge in [-0.05, 0) is 30.0 Å². The molecular weight excluding hydrogens is 383 g/mol. The number of carbonyl (C=O) groups is 1. The molecule has 28 heavy (non-hydrogen) atoms. The Kier molecular flexibility index (Phi) is 6.71. The van der Waals surface area contributed by atoms with E-state index in [2.05, 4.69) is 5.10 Å². The summed E-state index contributed by atoms with van der Waals surface area (Å²) in [6.07, 6.45) is 0.334. The maximum atomic E-state index is 13.5. The standard InChI is InChI=1S/C19H17F5N2O2/c1-9(2)11-5-4-10(3)6-13(11)28-8-14(27)26-25-7-12-15(20)17(22)19(24)18(23)16(12)21/h4-7,9H,8H2,1-3H3,(H,26,27). The predicted molar refractivity (Wildman–Crippen MR) is 92.7 cm³/mol. The minimum atomic E-state index is -2.27. The summed E-state index contributed by atoms with van der Waals surface area (Å²) in [5.74, 6) is -10.7. The van der Waals surface area contributed by atoms with E-state index in [1.54, 1.807) is 6.07 Å². The highest BCUT2D eigenvalue weighted by Gasteiger charge is 2.24. The summed E-state index contributed by atoms with van der Waals surface area (Å²) in [7, 11) is 0. The van der Waals surface area contributed by atoms with Crippen molar-refractivity contribution in [3.8, 4) is 5.75 Å². The fourth-order valence-corrected chi connectivity index (χ4v) is 2.32. The number of benzene rings is 2. The van der Waals surface area contributed by atoms with Gasteiger partial charge in [0.2, 0.25) is 5.82 Å². The van der Waals surface area contributed by atoms with E-state index in [1.807, 2.05) is 38.3 Å². The van der Waals surface area contributed by atoms with Crippen LogP contribution in [0.5, 0.6) is 5.75 Å². The van der Waals surface area contributed by atoms with E-state index < -0.39 is 47.2 Å². The maximum Gasteiger partial charge on any atom is 0.277 e. The van der Waals surface area contributed by atoms with Crippen molar-refractivity contribution in [2.24, 2.45) is 5.10 Å². The smallest absolute Gasteiger partial charge is 0.277 e. The first kappa shape index (κ1) is 21.3. The van der Waals surface area contributed by atoms with Gasteiger partial charge in [0.05, 0.1) is 11.8 Å². The molecule has 0 bridgehead atoms. The molecule has 0 atom stereocenters. The average Bonchev–Trinajstić information content (AvgIpc) is 2.65. The monoisotopic (exact) mass is 400 g/mol. The molecular formula is C19H17F5N2O2. The Hall–Kier alpha value is -2.97. The van der Waals surface area contributed by atoms with Crippen molar-refractivity contribution in [2.75, 3.05) is 6.61 Å². The third-order valence-corrected chi connectivity index (χ3v) is 3.78. The van der Waals surface area contributed by atoms with Crippen LogP contribution in [-0.4, -0.2) is 18.7 Å². The Balaban J connectivity index is 2.06. The van der Waals surface area contributed by atoms with E-state index in [-0.39, 0.29) is 5.92 Å². The molecule has 0 saturated heterocycles. The number of nitrogens with one attached hydrogen (secondary N) is 1. The first-order valence-corrected chi connectivity index (χ1v) is 8.20. The summed E-state index contributed by atoms with van der Waals surface area (Å²) in [5.41, 5.74) is 2.44. The van der Waals surface area contributed by atoms with Crippen LogP contribution in [0.1, 0.15) is 36.5 Å². The van der Waals surface area contributed by atoms with Crippen LogP contribution < -0.4 is 10.2 Å². The Morgan fingerprint density at radius 3 is 2.21 bits per heavy atom. The molecule has 0 spiro atoms. The van der Waals surface area contributed by atoms with Gasteiger partial charge in [0.25, 0.3) is 5.91 Å². The SMILES string of the molecule is Cc1ccc(C(C)C)c(OCC(=O)NN=Cc2c(F)c(F)c(F)c(F)c2F)c1. The number of amides is 1. The maximum absolute atomic E-state index is 13.5. The molecule has 0 aliphatic heterocycles. The number of carbonyl (C=O) groups excluding carboxylic acids is 1. The minimum absolute atomic E-state index is 0.144. The van der Waals surface area contributed by atoms with Gasteiger partial charge < -0.3 is 4.74 Å². The second kappa shape index (κ2) is 8.81. The van der Waals surface area contributed by atoms with Crippen LogP contribution in [0.4, 0.5) is 22.0 Å². The summed E-state index contributed by atoms with van der Waals surface area (Å²) < 4.78 is 71.6. The van der Waals surface area contributed by atoms with Gasteiger partial charge >= 0.3 is 0 Å². The second-order valence-corrected chi connectivity index (χ2v) is 6.26. The summed E-state index contributed by atoms with van der Waals surface area (Å²) in [6.45, 7) is 5.29. The lowest BCUT2D eigenvalue weighted by molar-refractivity contribution is -0.123. The van der Waals surface area contributed by atoms with Gasteiger partial charge in [-0.25, -0.2) is 27.4 Å². The molecule has 9 heteroatoms. The number of rotatable bonds is 6. The molecule has 0 radical (unpaired) electrons. The number of aryl methyl sites for hydroxylation is 1. The molecule has 150 valence electrons. The van der Waals surface area contributed by atoms with Crippen molar-refractivity contribution in [3.63, 3.8) is 0 Å². The molecule has 2 rings (SSSR count). The van der Waals surface area contributed by atoms with E-state index in [4.69, 9.17) is 4.74 Å². The first-order valence-electron chi connectivity index (χ1n) is 8.20. The Labute approximate surface area is 158 Å². The predicted octanol–water partition coefficient (Wildman–Crippen LogP) is 4.34. The Bertz CT molecular complexity index is 900. The first-order chi connectivity index (χ1) is 13.1. The zero-order chi connectivity index (χ0) is 21.0. The van der Waals surface area contributed by atoms with Crippen molar-refractivity contribution < 1.29 is 31.5 Å². The van der Waals surface area contributed by atoms with Crippen molar-refractivity contribution in [3.05, 3.63) is 64.0 Å². The third-order valence-electron chi connectivity index (χ3n) is 3.78. The number of nitrogens with zero attached hydrogens (tertiary/aromatic N) is 1. The van der Waals surface area contributed by atoms with E-state index in [1.165, 1.54) is 0 Å². The van der Waals surface area contributed by atoms with Gasteiger partial charge in [0, 0.05) is 0 Å². The second-order valence-electron chi connectivity index (χ2n) is 6.26. The molecule has 0 aliphatic rings. The lowest BCUT2D eigenvalue weighted by atomic mass is 10.0. The normalized spacial score (nSPS) is 11.3. The molecule has 0 aromatic heterocycles. The third kappa shape index (κ3) is 4.65. The van der Waals surface area contributed by atoms with Crippen LogP contribution in [0.3, 0.4) is 0 Å². The van der Waals surface area contributed by atoms with Crippen LogP contribution in [0.25, 0.3) is 0 Å². The zero-order valence-corrected chi connectivity index (χ0v) is 15.2. The van der Waals surface area contributed by atoms with Crippen LogP contribution in [0.2, 0.25) is 0 Å². The summed E-state index contributed by atoms with van der Waals surface area (Å²) in [5, 5.41) is 3.22. The topological polar surface area (TPSA) is 50.7 Å². The van der Waals surface area contributed by atoms with E-state index in [9.17, 15) is 26.7 Å². The van der Waals surface area contributed by atoms with E-state index in [0.29, 0.717) is 12.0 Å². The fraction of sp³-hybridized carbons (Fsp3) is 0.263. The van der Waals surface area contributed by atoms with Crippen LogP contribution in [-0.2, 0) is 4.79 Å². The highest BCUT2D eigenvalue weighted by atomic mass is 19.2. The summed E-state index contributed by atoms with van der Waals surface area (Å²) in [4.78, 5) is 11.8. The fourth-order valence-electron chi connectivity index (χ4n) is 2.32. The minimum Gasteiger partial charge on any atom is -0.483 e. The highest BCUT2D eigenvalue weighted by molar-refractivity contribution is 5.83. The van der Waals surface area contributed by atoms with Crippen molar-refractivity contribution in [1.29, 1.82) is 0 Å². The zero-order valence-electron chi connectivity index (χ0n) is 15.2. The molecule has 0 unspecified atom stereocenters. The molecule has 0 fully saturated rings. The number of ether oxygens (including phenoxy) is 1. The number of hydrogen-bond donors (Lipinski definition) is 1. The molecule has 0 saturated carbocycles. The van der Waals surface area contributed by atoms with Gasteiger partial charge in [0.15, 0.2) is 29.9 Å². The molecule has 4 nitrogen and oxygen atoms in total. The largest absolute Gasteiger partial charge is 0.483 e. The van der Waals surface area contributed by atoms with E-state index in [0.717, 1.165) is 11.1 Å². The van der Waals surface area contributed by atoms with Gasteiger partial charge in [-0.2, -0.15) is 5.10 Å². The summed E-state index contributed by atoms with van der Waals surface area (Å²) in [6, 6.07) is 5.52. The lowest BCUT2D eigenvalue weighted by Gasteiger charge is -2.14. The molecule has 1 amide bonds.